The first-order chi connectivity index (χ1) is 13.1. The molecule has 6 rings (SSSR count). The summed E-state index contributed by atoms with van der Waals surface area (Å²) in [5, 5.41) is 5.62. The average Bonchev–Trinajstić information content (AvgIpc) is 3.16. The van der Waals surface area contributed by atoms with Gasteiger partial charge in [0.2, 0.25) is 5.91 Å². The van der Waals surface area contributed by atoms with Crippen molar-refractivity contribution in [3.8, 4) is 0 Å². The summed E-state index contributed by atoms with van der Waals surface area (Å²) in [4.78, 5) is 19.7. The first kappa shape index (κ1) is 18.1. The molecule has 4 nitrogen and oxygen atoms in total. The van der Waals surface area contributed by atoms with E-state index >= 15 is 0 Å². The van der Waals surface area contributed by atoms with Gasteiger partial charge < -0.3 is 10.2 Å². The molecule has 1 amide bonds. The SMILES string of the molecule is CN1CCN(C(CNC(=O)C23CC4CC(CC(C4)C2)C3)c2cccs2)CC1. The van der Waals surface area contributed by atoms with Gasteiger partial charge in [0.1, 0.15) is 0 Å². The van der Waals surface area contributed by atoms with Crippen molar-refractivity contribution >= 4 is 17.2 Å². The van der Waals surface area contributed by atoms with Gasteiger partial charge >= 0.3 is 0 Å². The van der Waals surface area contributed by atoms with Gasteiger partial charge in [0.05, 0.1) is 6.04 Å². The molecule has 1 atom stereocenters. The lowest BCUT2D eigenvalue weighted by molar-refractivity contribution is -0.146. The molecule has 0 aromatic carbocycles. The Bertz CT molecular complexity index is 630. The summed E-state index contributed by atoms with van der Waals surface area (Å²) in [5.41, 5.74) is -0.0309. The molecule has 1 aromatic heterocycles. The molecule has 4 aliphatic carbocycles. The fourth-order valence-electron chi connectivity index (χ4n) is 6.79. The number of hydrogen-bond donors (Lipinski definition) is 1. The van der Waals surface area contributed by atoms with Crippen LogP contribution >= 0.6 is 11.3 Å². The molecule has 0 radical (unpaired) electrons. The fourth-order valence-corrected chi connectivity index (χ4v) is 7.65. The van der Waals surface area contributed by atoms with Crippen LogP contribution in [0, 0.1) is 23.2 Å². The largest absolute Gasteiger partial charge is 0.354 e. The van der Waals surface area contributed by atoms with Gasteiger partial charge in [0.15, 0.2) is 0 Å². The first-order valence-electron chi connectivity index (χ1n) is 10.9. The molecule has 5 heteroatoms. The minimum atomic E-state index is -0.0309. The summed E-state index contributed by atoms with van der Waals surface area (Å²) in [5.74, 6) is 2.85. The highest BCUT2D eigenvalue weighted by atomic mass is 32.1. The zero-order chi connectivity index (χ0) is 18.4. The summed E-state index contributed by atoms with van der Waals surface area (Å²) in [6.07, 6.45) is 7.65. The van der Waals surface area contributed by atoms with Crippen LogP contribution in [0.5, 0.6) is 0 Å². The second-order valence-electron chi connectivity index (χ2n) is 9.78. The van der Waals surface area contributed by atoms with Gasteiger partial charge in [-0.2, -0.15) is 0 Å². The number of carbonyl (C=O) groups excluding carboxylic acids is 1. The Balaban J connectivity index is 1.27. The fraction of sp³-hybridized carbons (Fsp3) is 0.773. The number of thiophene rings is 1. The number of amides is 1. The second-order valence-corrected chi connectivity index (χ2v) is 10.8. The van der Waals surface area contributed by atoms with E-state index in [1.165, 1.54) is 24.1 Å². The molecule has 5 aliphatic rings. The maximum Gasteiger partial charge on any atom is 0.226 e. The molecule has 1 N–H and O–H groups in total. The van der Waals surface area contributed by atoms with Gasteiger partial charge in [-0.05, 0) is 74.8 Å². The van der Waals surface area contributed by atoms with Gasteiger partial charge in [-0.3, -0.25) is 9.69 Å². The molecular weight excluding hydrogens is 354 g/mol. The maximum absolute atomic E-state index is 13.4. The van der Waals surface area contributed by atoms with Crippen molar-refractivity contribution < 1.29 is 4.79 Å². The van der Waals surface area contributed by atoms with Crippen molar-refractivity contribution in [3.63, 3.8) is 0 Å². The van der Waals surface area contributed by atoms with Crippen molar-refractivity contribution in [2.75, 3.05) is 39.8 Å². The van der Waals surface area contributed by atoms with Crippen LogP contribution in [0.2, 0.25) is 0 Å². The van der Waals surface area contributed by atoms with E-state index in [4.69, 9.17) is 0 Å². The number of rotatable bonds is 5. The van der Waals surface area contributed by atoms with Crippen LogP contribution in [0.25, 0.3) is 0 Å². The molecule has 4 bridgehead atoms. The third-order valence-electron chi connectivity index (χ3n) is 7.83. The third kappa shape index (κ3) is 3.47. The van der Waals surface area contributed by atoms with E-state index in [0.717, 1.165) is 69.7 Å². The Kier molecular flexibility index (Phi) is 4.81. The van der Waals surface area contributed by atoms with Gasteiger partial charge in [-0.15, -0.1) is 11.3 Å². The highest BCUT2D eigenvalue weighted by molar-refractivity contribution is 7.10. The average molecular weight is 388 g/mol. The van der Waals surface area contributed by atoms with Gasteiger partial charge in [0, 0.05) is 43.0 Å². The molecule has 1 unspecified atom stereocenters. The van der Waals surface area contributed by atoms with Crippen LogP contribution in [0.4, 0.5) is 0 Å². The first-order valence-corrected chi connectivity index (χ1v) is 11.7. The molecule has 2 heterocycles. The monoisotopic (exact) mass is 387 g/mol. The minimum Gasteiger partial charge on any atom is -0.354 e. The smallest absolute Gasteiger partial charge is 0.226 e. The van der Waals surface area contributed by atoms with E-state index < -0.39 is 0 Å². The topological polar surface area (TPSA) is 35.6 Å². The highest BCUT2D eigenvalue weighted by Crippen LogP contribution is 2.60. The van der Waals surface area contributed by atoms with E-state index in [0.29, 0.717) is 11.9 Å². The molecule has 27 heavy (non-hydrogen) atoms. The third-order valence-corrected chi connectivity index (χ3v) is 8.80. The zero-order valence-corrected chi connectivity index (χ0v) is 17.3. The predicted molar refractivity (Wildman–Crippen MR) is 110 cm³/mol. The van der Waals surface area contributed by atoms with Gasteiger partial charge in [-0.1, -0.05) is 6.07 Å². The number of hydrogen-bond acceptors (Lipinski definition) is 4. The van der Waals surface area contributed by atoms with Crippen LogP contribution in [0.15, 0.2) is 17.5 Å². The zero-order valence-electron chi connectivity index (χ0n) is 16.5. The Morgan fingerprint density at radius 3 is 2.33 bits per heavy atom. The molecule has 1 aromatic rings. The summed E-state index contributed by atoms with van der Waals surface area (Å²) in [7, 11) is 2.20. The molecule has 0 spiro atoms. The van der Waals surface area contributed by atoms with Gasteiger partial charge in [-0.25, -0.2) is 0 Å². The number of nitrogens with zero attached hydrogens (tertiary/aromatic N) is 2. The Labute approximate surface area is 167 Å². The van der Waals surface area contributed by atoms with Crippen LogP contribution in [-0.2, 0) is 4.79 Å². The van der Waals surface area contributed by atoms with Crippen LogP contribution in [0.3, 0.4) is 0 Å². The summed E-state index contributed by atoms with van der Waals surface area (Å²) in [6.45, 7) is 5.18. The molecule has 5 fully saturated rings. The number of carbonyl (C=O) groups is 1. The lowest BCUT2D eigenvalue weighted by Crippen LogP contribution is -2.55. The molecule has 1 saturated heterocycles. The Morgan fingerprint density at radius 2 is 1.78 bits per heavy atom. The molecular formula is C22H33N3OS. The highest BCUT2D eigenvalue weighted by Gasteiger charge is 2.54. The number of piperazine rings is 1. The van der Waals surface area contributed by atoms with E-state index in [1.54, 1.807) is 0 Å². The second kappa shape index (κ2) is 7.16. The van der Waals surface area contributed by atoms with E-state index in [2.05, 4.69) is 39.7 Å². The molecule has 4 saturated carbocycles. The van der Waals surface area contributed by atoms with Gasteiger partial charge in [0.25, 0.3) is 0 Å². The van der Waals surface area contributed by atoms with Crippen molar-refractivity contribution in [3.05, 3.63) is 22.4 Å². The lowest BCUT2D eigenvalue weighted by atomic mass is 9.49. The summed E-state index contributed by atoms with van der Waals surface area (Å²) < 4.78 is 0. The van der Waals surface area contributed by atoms with Crippen LogP contribution < -0.4 is 5.32 Å². The Hall–Kier alpha value is -0.910. The quantitative estimate of drug-likeness (QED) is 0.841. The predicted octanol–water partition coefficient (Wildman–Crippen LogP) is 3.37. The number of nitrogens with one attached hydrogen (secondary N) is 1. The van der Waals surface area contributed by atoms with Crippen LogP contribution in [0.1, 0.15) is 49.4 Å². The van der Waals surface area contributed by atoms with Crippen molar-refractivity contribution in [1.29, 1.82) is 0 Å². The van der Waals surface area contributed by atoms with Crippen molar-refractivity contribution in [1.82, 2.24) is 15.1 Å². The summed E-state index contributed by atoms with van der Waals surface area (Å²) >= 11 is 1.83. The Morgan fingerprint density at radius 1 is 1.15 bits per heavy atom. The maximum atomic E-state index is 13.4. The van der Waals surface area contributed by atoms with Crippen LogP contribution in [-0.4, -0.2) is 55.5 Å². The van der Waals surface area contributed by atoms with E-state index in [-0.39, 0.29) is 5.41 Å². The lowest BCUT2D eigenvalue weighted by Gasteiger charge is -2.55. The van der Waals surface area contributed by atoms with E-state index in [9.17, 15) is 4.79 Å². The molecule has 148 valence electrons. The van der Waals surface area contributed by atoms with Crippen molar-refractivity contribution in [2.24, 2.45) is 23.2 Å². The number of likely N-dealkylation sites (N-methyl/N-ethyl adjacent to an activating group) is 1. The molecule has 1 aliphatic heterocycles. The van der Waals surface area contributed by atoms with E-state index in [1.807, 2.05) is 11.3 Å². The summed E-state index contributed by atoms with van der Waals surface area (Å²) in [6, 6.07) is 4.71. The minimum absolute atomic E-state index is 0.0309. The normalized spacial score (nSPS) is 37.4. The standard InChI is InChI=1S/C22H33N3OS/c1-24-4-6-25(7-5-24)19(20-3-2-8-27-20)15-23-21(26)22-12-16-9-17(13-22)11-18(10-16)14-22/h2-3,8,16-19H,4-7,9-15H2,1H3,(H,23,26). The van der Waals surface area contributed by atoms with Crippen molar-refractivity contribution in [2.45, 2.75) is 44.6 Å².